The lowest BCUT2D eigenvalue weighted by Gasteiger charge is -2.40. The largest absolute Gasteiger partial charge is 0.479 e. The molecule has 12 heteroatoms. The Labute approximate surface area is 416 Å². The molecule has 1 fully saturated rings. The Morgan fingerprint density at radius 3 is 1.49 bits per heavy atom. The predicted octanol–water partition coefficient (Wildman–Crippen LogP) is 12.8. The van der Waals surface area contributed by atoms with Gasteiger partial charge in [0.25, 0.3) is 0 Å². The molecule has 6 unspecified atom stereocenters. The van der Waals surface area contributed by atoms with Gasteiger partial charge in [-0.15, -0.1) is 0 Å². The number of allylic oxidation sites excluding steroid dienone is 13. The number of ether oxygens (including phenoxy) is 5. The number of carboxylic acids is 1. The molecule has 1 rings (SSSR count). The highest BCUT2D eigenvalue weighted by Gasteiger charge is 2.50. The van der Waals surface area contributed by atoms with E-state index in [0.717, 1.165) is 89.9 Å². The summed E-state index contributed by atoms with van der Waals surface area (Å²) in [5, 5.41) is 31.3. The molecule has 392 valence electrons. The van der Waals surface area contributed by atoms with Gasteiger partial charge in [0.05, 0.1) is 13.0 Å². The average molecular weight is 969 g/mol. The highest BCUT2D eigenvalue weighted by Crippen LogP contribution is 2.26. The quantitative estimate of drug-likeness (QED) is 0.0229. The Bertz CT molecular complexity index is 1530. The van der Waals surface area contributed by atoms with Crippen molar-refractivity contribution >= 4 is 23.9 Å². The molecule has 12 nitrogen and oxygen atoms in total. The topological polar surface area (TPSA) is 175 Å². The van der Waals surface area contributed by atoms with Crippen LogP contribution >= 0.6 is 0 Å². The molecule has 69 heavy (non-hydrogen) atoms. The molecular weight excluding hydrogens is 877 g/mol. The Balaban J connectivity index is 2.77. The second-order valence-corrected chi connectivity index (χ2v) is 17.8. The summed E-state index contributed by atoms with van der Waals surface area (Å²) in [6, 6.07) is 0. The first-order valence-electron chi connectivity index (χ1n) is 26.6. The molecule has 3 N–H and O–H groups in total. The summed E-state index contributed by atoms with van der Waals surface area (Å²) in [7, 11) is 0. The minimum atomic E-state index is -1.92. The highest BCUT2D eigenvalue weighted by molar-refractivity contribution is 5.74. The first kappa shape index (κ1) is 62.9. The van der Waals surface area contributed by atoms with Crippen LogP contribution in [-0.4, -0.2) is 89.2 Å². The van der Waals surface area contributed by atoms with Gasteiger partial charge in [-0.25, -0.2) is 4.79 Å². The van der Waals surface area contributed by atoms with Crippen LogP contribution < -0.4 is 0 Å². The lowest BCUT2D eigenvalue weighted by molar-refractivity contribution is -0.301. The Morgan fingerprint density at radius 2 is 0.957 bits per heavy atom. The van der Waals surface area contributed by atoms with Crippen molar-refractivity contribution in [3.63, 3.8) is 0 Å². The molecule has 0 aliphatic carbocycles. The number of aliphatic hydroxyl groups excluding tert-OH is 2. The molecule has 0 bridgehead atoms. The standard InChI is InChI=1S/C57H92O12/c1-4-7-10-13-16-19-21-23-25-27-29-32-34-37-40-43-49(58)65-46-48(67-50(59)44-41-38-35-31-18-15-12-9-6-3)47-66-57-55(53(62)52(61)54(69-57)56(63)64)68-51(60)45-42-39-36-33-30-28-26-24-22-20-17-14-11-8-5-2/h7,10,16-17,19-20,23-26,29,32,37,40,48,52-55,57,61-62H,4-6,8-9,11-15,18,21-22,27-28,30-31,33-36,38-39,41-47H2,1-3H3,(H,63,64)/b10-7-,19-16-,20-17-,25-23-,26-24-,32-29-,40-37-. The van der Waals surface area contributed by atoms with Crippen LogP contribution in [0.4, 0.5) is 0 Å². The van der Waals surface area contributed by atoms with Crippen LogP contribution in [-0.2, 0) is 42.9 Å². The van der Waals surface area contributed by atoms with Gasteiger partial charge in [-0.2, -0.15) is 0 Å². The van der Waals surface area contributed by atoms with Crippen LogP contribution in [0.5, 0.6) is 0 Å². The first-order chi connectivity index (χ1) is 33.6. The maximum Gasteiger partial charge on any atom is 0.335 e. The second kappa shape index (κ2) is 45.1. The molecule has 0 radical (unpaired) electrons. The fourth-order valence-corrected chi connectivity index (χ4v) is 7.41. The molecule has 6 atom stereocenters. The van der Waals surface area contributed by atoms with Gasteiger partial charge < -0.3 is 39.0 Å². The van der Waals surface area contributed by atoms with Crippen molar-refractivity contribution in [1.29, 1.82) is 0 Å². The zero-order valence-electron chi connectivity index (χ0n) is 42.8. The van der Waals surface area contributed by atoms with Crippen molar-refractivity contribution in [3.05, 3.63) is 85.1 Å². The van der Waals surface area contributed by atoms with Gasteiger partial charge in [0.15, 0.2) is 24.6 Å². The molecule has 0 aromatic rings. The van der Waals surface area contributed by atoms with E-state index < -0.39 is 67.3 Å². The van der Waals surface area contributed by atoms with Gasteiger partial charge in [0.1, 0.15) is 18.8 Å². The molecule has 1 aliphatic rings. The minimum Gasteiger partial charge on any atom is -0.479 e. The monoisotopic (exact) mass is 969 g/mol. The average Bonchev–Trinajstić information content (AvgIpc) is 3.33. The van der Waals surface area contributed by atoms with E-state index in [-0.39, 0.29) is 25.9 Å². The predicted molar refractivity (Wildman–Crippen MR) is 275 cm³/mol. The van der Waals surface area contributed by atoms with Gasteiger partial charge in [-0.05, 0) is 77.0 Å². The first-order valence-corrected chi connectivity index (χ1v) is 26.6. The number of unbranched alkanes of at least 4 members (excludes halogenated alkanes) is 16. The molecule has 0 spiro atoms. The van der Waals surface area contributed by atoms with E-state index in [9.17, 15) is 34.5 Å². The third kappa shape index (κ3) is 35.6. The molecule has 1 aliphatic heterocycles. The maximum atomic E-state index is 13.0. The van der Waals surface area contributed by atoms with Crippen LogP contribution in [0.1, 0.15) is 201 Å². The molecule has 1 heterocycles. The van der Waals surface area contributed by atoms with E-state index in [4.69, 9.17) is 23.7 Å². The third-order valence-electron chi connectivity index (χ3n) is 11.5. The zero-order valence-corrected chi connectivity index (χ0v) is 42.8. The van der Waals surface area contributed by atoms with E-state index in [0.29, 0.717) is 19.3 Å². The summed E-state index contributed by atoms with van der Waals surface area (Å²) < 4.78 is 28.1. The molecule has 0 aromatic heterocycles. The van der Waals surface area contributed by atoms with Crippen molar-refractivity contribution in [1.82, 2.24) is 0 Å². The number of hydrogen-bond acceptors (Lipinski definition) is 11. The fraction of sp³-hybridized carbons (Fsp3) is 0.684. The summed E-state index contributed by atoms with van der Waals surface area (Å²) in [5.41, 5.74) is 0. The van der Waals surface area contributed by atoms with Gasteiger partial charge >= 0.3 is 23.9 Å². The summed E-state index contributed by atoms with van der Waals surface area (Å²) >= 11 is 0. The third-order valence-corrected chi connectivity index (χ3v) is 11.5. The van der Waals surface area contributed by atoms with Crippen LogP contribution in [0.15, 0.2) is 85.1 Å². The molecule has 0 aromatic carbocycles. The van der Waals surface area contributed by atoms with E-state index in [2.05, 4.69) is 87.6 Å². The van der Waals surface area contributed by atoms with Crippen LogP contribution in [0, 0.1) is 0 Å². The molecule has 0 amide bonds. The van der Waals surface area contributed by atoms with E-state index >= 15 is 0 Å². The SMILES string of the molecule is CC/C=C\C/C=C\C/C=C\C/C=C\C/C=C\CC(=O)OCC(COC1OC(C(=O)O)C(O)C(O)C1OC(=O)CCCCCCC/C=C\C/C=C\CCCCC)OC(=O)CCCCCCCCCCC. The van der Waals surface area contributed by atoms with Crippen molar-refractivity contribution < 1.29 is 58.2 Å². The lowest BCUT2D eigenvalue weighted by Crippen LogP contribution is -2.61. The van der Waals surface area contributed by atoms with Gasteiger partial charge in [-0.1, -0.05) is 189 Å². The second-order valence-electron chi connectivity index (χ2n) is 17.8. The fourth-order valence-electron chi connectivity index (χ4n) is 7.41. The minimum absolute atomic E-state index is 0.0175. The summed E-state index contributed by atoms with van der Waals surface area (Å²) in [4.78, 5) is 50.7. The number of carbonyl (C=O) groups is 4. The van der Waals surface area contributed by atoms with Crippen molar-refractivity contribution in [2.45, 2.75) is 237 Å². The van der Waals surface area contributed by atoms with Crippen LogP contribution in [0.2, 0.25) is 0 Å². The number of carboxylic acid groups (broad SMARTS) is 1. The maximum absolute atomic E-state index is 13.0. The molecule has 0 saturated carbocycles. The van der Waals surface area contributed by atoms with Crippen molar-refractivity contribution in [2.75, 3.05) is 13.2 Å². The Hall–Kier alpha value is -4.10. The molecule has 1 saturated heterocycles. The summed E-state index contributed by atoms with van der Waals surface area (Å²) in [6.45, 7) is 5.70. The van der Waals surface area contributed by atoms with Crippen molar-refractivity contribution in [2.24, 2.45) is 0 Å². The number of carbonyl (C=O) groups excluding carboxylic acids is 3. The van der Waals surface area contributed by atoms with E-state index in [1.54, 1.807) is 6.08 Å². The number of esters is 3. The molecular formula is C57H92O12. The van der Waals surface area contributed by atoms with Gasteiger partial charge in [0, 0.05) is 12.8 Å². The smallest absolute Gasteiger partial charge is 0.335 e. The van der Waals surface area contributed by atoms with Gasteiger partial charge in [0.2, 0.25) is 0 Å². The Morgan fingerprint density at radius 1 is 0.507 bits per heavy atom. The van der Waals surface area contributed by atoms with Crippen molar-refractivity contribution in [3.8, 4) is 0 Å². The number of hydrogen-bond donors (Lipinski definition) is 3. The highest BCUT2D eigenvalue weighted by atomic mass is 16.7. The van der Waals surface area contributed by atoms with E-state index in [1.807, 2.05) is 12.2 Å². The lowest BCUT2D eigenvalue weighted by atomic mass is 9.98. The zero-order chi connectivity index (χ0) is 50.4. The van der Waals surface area contributed by atoms with Gasteiger partial charge in [-0.3, -0.25) is 14.4 Å². The summed E-state index contributed by atoms with van der Waals surface area (Å²) in [5.74, 6) is -3.31. The number of aliphatic carboxylic acids is 1. The number of rotatable bonds is 43. The van der Waals surface area contributed by atoms with E-state index in [1.165, 1.54) is 51.4 Å². The normalized spacial score (nSPS) is 19.3. The van der Waals surface area contributed by atoms with Crippen LogP contribution in [0.25, 0.3) is 0 Å². The van der Waals surface area contributed by atoms with Crippen LogP contribution in [0.3, 0.4) is 0 Å². The summed E-state index contributed by atoms with van der Waals surface area (Å²) in [6.07, 6.45) is 44.6. The Kier molecular flexibility index (Phi) is 41.1. The number of aliphatic hydroxyl groups is 2.